The van der Waals surface area contributed by atoms with E-state index in [1.807, 2.05) is 24.4 Å². The minimum absolute atomic E-state index is 0.145. The van der Waals surface area contributed by atoms with Gasteiger partial charge in [-0.3, -0.25) is 14.6 Å². The predicted molar refractivity (Wildman–Crippen MR) is 122 cm³/mol. The number of nitrogens with one attached hydrogen (secondary N) is 1. The Morgan fingerprint density at radius 3 is 2.52 bits per heavy atom. The summed E-state index contributed by atoms with van der Waals surface area (Å²) in [6.07, 6.45) is 6.56. The number of fused-ring (bicyclic) bond motifs is 1. The molecule has 1 N–H and O–H groups in total. The fourth-order valence-corrected chi connectivity index (χ4v) is 4.50. The van der Waals surface area contributed by atoms with Gasteiger partial charge in [-0.15, -0.1) is 0 Å². The molecule has 6 heteroatoms. The van der Waals surface area contributed by atoms with Gasteiger partial charge in [0.2, 0.25) is 5.91 Å². The van der Waals surface area contributed by atoms with Gasteiger partial charge in [0, 0.05) is 45.1 Å². The lowest BCUT2D eigenvalue weighted by molar-refractivity contribution is -0.123. The van der Waals surface area contributed by atoms with Crippen LogP contribution in [-0.2, 0) is 11.3 Å². The Hall–Kier alpha value is -2.70. The largest absolute Gasteiger partial charge is 0.348 e. The average Bonchev–Trinajstić information content (AvgIpc) is 3.53. The maximum absolute atomic E-state index is 12.8. The van der Waals surface area contributed by atoms with Crippen LogP contribution in [0, 0.1) is 12.8 Å². The Bertz CT molecular complexity index is 999. The minimum atomic E-state index is 0.145. The summed E-state index contributed by atoms with van der Waals surface area (Å²) in [5, 5.41) is 3.32. The molecule has 3 heterocycles. The van der Waals surface area contributed by atoms with E-state index in [1.165, 1.54) is 24.0 Å². The molecule has 1 unspecified atom stereocenters. The van der Waals surface area contributed by atoms with Crippen molar-refractivity contribution >= 4 is 11.6 Å². The number of rotatable bonds is 7. The first-order chi connectivity index (χ1) is 15.1. The molecule has 1 amide bonds. The second kappa shape index (κ2) is 8.81. The number of benzene rings is 1. The number of pyridine rings is 1. The van der Waals surface area contributed by atoms with Crippen molar-refractivity contribution in [3.63, 3.8) is 0 Å². The quantitative estimate of drug-likeness (QED) is 0.642. The number of imidazole rings is 1. The maximum Gasteiger partial charge on any atom is 0.234 e. The fraction of sp³-hybridized carbons (Fsp3) is 0.440. The van der Waals surface area contributed by atoms with Crippen LogP contribution in [0.2, 0.25) is 0 Å². The van der Waals surface area contributed by atoms with Crippen molar-refractivity contribution in [3.05, 3.63) is 71.7 Å². The van der Waals surface area contributed by atoms with Crippen LogP contribution in [0.15, 0.2) is 54.9 Å². The summed E-state index contributed by atoms with van der Waals surface area (Å²) in [5.74, 6) is 0.736. The van der Waals surface area contributed by atoms with Crippen LogP contribution in [0.25, 0.3) is 5.65 Å². The van der Waals surface area contributed by atoms with E-state index in [4.69, 9.17) is 4.98 Å². The molecule has 3 aromatic rings. The second-order valence-electron chi connectivity index (χ2n) is 9.04. The standard InChI is InChI=1S/C25H31N5O/c1-19-5-7-20(8-6-19)25(21-9-10-21)27-24(31)18-29-14-12-28(13-15-29)16-22-17-30-11-3-2-4-23(30)26-22/h2-8,11,17,21,25H,9-10,12-16,18H2,1H3,(H,27,31). The molecule has 6 nitrogen and oxygen atoms in total. The van der Waals surface area contributed by atoms with Crippen LogP contribution >= 0.6 is 0 Å². The smallest absolute Gasteiger partial charge is 0.234 e. The third-order valence-corrected chi connectivity index (χ3v) is 6.48. The van der Waals surface area contributed by atoms with Crippen LogP contribution in [0.4, 0.5) is 0 Å². The molecule has 0 spiro atoms. The lowest BCUT2D eigenvalue weighted by Gasteiger charge is -2.34. The number of carbonyl (C=O) groups is 1. The molecule has 1 atom stereocenters. The number of aromatic nitrogens is 2. The van der Waals surface area contributed by atoms with Gasteiger partial charge in [-0.2, -0.15) is 0 Å². The van der Waals surface area contributed by atoms with Gasteiger partial charge in [-0.05, 0) is 43.4 Å². The first kappa shape index (κ1) is 20.2. The first-order valence-corrected chi connectivity index (χ1v) is 11.4. The lowest BCUT2D eigenvalue weighted by Crippen LogP contribution is -2.49. The van der Waals surface area contributed by atoms with Crippen molar-refractivity contribution < 1.29 is 4.79 Å². The normalized spacial score (nSPS) is 18.9. The van der Waals surface area contributed by atoms with Crippen molar-refractivity contribution in [1.82, 2.24) is 24.5 Å². The lowest BCUT2D eigenvalue weighted by atomic mass is 10.0. The number of carbonyl (C=O) groups excluding carboxylic acids is 1. The Morgan fingerprint density at radius 2 is 1.81 bits per heavy atom. The molecular weight excluding hydrogens is 386 g/mol. The van der Waals surface area contributed by atoms with Gasteiger partial charge in [-0.1, -0.05) is 35.9 Å². The summed E-state index contributed by atoms with van der Waals surface area (Å²) in [4.78, 5) is 22.2. The number of amides is 1. The molecule has 1 aromatic carbocycles. The molecule has 5 rings (SSSR count). The first-order valence-electron chi connectivity index (χ1n) is 11.4. The zero-order valence-corrected chi connectivity index (χ0v) is 18.2. The van der Waals surface area contributed by atoms with E-state index in [0.29, 0.717) is 12.5 Å². The Morgan fingerprint density at radius 1 is 1.06 bits per heavy atom. The van der Waals surface area contributed by atoms with Crippen molar-refractivity contribution in [2.75, 3.05) is 32.7 Å². The van der Waals surface area contributed by atoms with E-state index < -0.39 is 0 Å². The zero-order chi connectivity index (χ0) is 21.2. The van der Waals surface area contributed by atoms with Crippen LogP contribution in [-0.4, -0.2) is 57.8 Å². The highest BCUT2D eigenvalue weighted by Gasteiger charge is 2.33. The van der Waals surface area contributed by atoms with Gasteiger partial charge < -0.3 is 9.72 Å². The average molecular weight is 418 g/mol. The number of nitrogens with zero attached hydrogens (tertiary/aromatic N) is 4. The third kappa shape index (κ3) is 4.97. The molecule has 1 saturated heterocycles. The third-order valence-electron chi connectivity index (χ3n) is 6.48. The summed E-state index contributed by atoms with van der Waals surface area (Å²) >= 11 is 0. The summed E-state index contributed by atoms with van der Waals surface area (Å²) in [6, 6.07) is 14.8. The highest BCUT2D eigenvalue weighted by molar-refractivity contribution is 5.78. The van der Waals surface area contributed by atoms with Crippen LogP contribution < -0.4 is 5.32 Å². The number of aryl methyl sites for hydroxylation is 1. The molecule has 2 fully saturated rings. The van der Waals surface area contributed by atoms with E-state index in [0.717, 1.165) is 44.1 Å². The van der Waals surface area contributed by atoms with Gasteiger partial charge in [-0.25, -0.2) is 4.98 Å². The summed E-state index contributed by atoms with van der Waals surface area (Å²) in [6.45, 7) is 7.20. The SMILES string of the molecule is Cc1ccc(C(NC(=O)CN2CCN(Cc3cn4ccccc4n3)CC2)C2CC2)cc1. The molecule has 1 aliphatic heterocycles. The van der Waals surface area contributed by atoms with Gasteiger partial charge >= 0.3 is 0 Å². The topological polar surface area (TPSA) is 52.9 Å². The molecule has 0 bridgehead atoms. The summed E-state index contributed by atoms with van der Waals surface area (Å²) in [7, 11) is 0. The number of hydrogen-bond donors (Lipinski definition) is 1. The molecule has 0 radical (unpaired) electrons. The predicted octanol–water partition coefficient (Wildman–Crippen LogP) is 3.03. The van der Waals surface area contributed by atoms with Crippen molar-refractivity contribution in [3.8, 4) is 0 Å². The number of piperazine rings is 1. The summed E-state index contributed by atoms with van der Waals surface area (Å²) < 4.78 is 2.07. The van der Waals surface area contributed by atoms with E-state index >= 15 is 0 Å². The molecule has 162 valence electrons. The monoisotopic (exact) mass is 417 g/mol. The maximum atomic E-state index is 12.8. The van der Waals surface area contributed by atoms with Crippen LogP contribution in [0.5, 0.6) is 0 Å². The van der Waals surface area contributed by atoms with E-state index in [1.54, 1.807) is 0 Å². The van der Waals surface area contributed by atoms with Gasteiger partial charge in [0.05, 0.1) is 18.3 Å². The molecule has 31 heavy (non-hydrogen) atoms. The molecule has 1 aliphatic carbocycles. The number of hydrogen-bond acceptors (Lipinski definition) is 4. The zero-order valence-electron chi connectivity index (χ0n) is 18.2. The second-order valence-corrected chi connectivity index (χ2v) is 9.04. The van der Waals surface area contributed by atoms with Crippen molar-refractivity contribution in [2.24, 2.45) is 5.92 Å². The van der Waals surface area contributed by atoms with Crippen LogP contribution in [0.3, 0.4) is 0 Å². The van der Waals surface area contributed by atoms with E-state index in [2.05, 4.69) is 56.9 Å². The Balaban J connectivity index is 1.11. The highest BCUT2D eigenvalue weighted by atomic mass is 16.2. The highest BCUT2D eigenvalue weighted by Crippen LogP contribution is 2.41. The Kier molecular flexibility index (Phi) is 5.74. The van der Waals surface area contributed by atoms with Gasteiger partial charge in [0.1, 0.15) is 5.65 Å². The minimum Gasteiger partial charge on any atom is -0.348 e. The molecule has 1 saturated carbocycles. The molecular formula is C25H31N5O. The summed E-state index contributed by atoms with van der Waals surface area (Å²) in [5.41, 5.74) is 4.58. The Labute approximate surface area is 183 Å². The van der Waals surface area contributed by atoms with Crippen molar-refractivity contribution in [2.45, 2.75) is 32.4 Å². The van der Waals surface area contributed by atoms with Gasteiger partial charge in [0.15, 0.2) is 0 Å². The van der Waals surface area contributed by atoms with E-state index in [9.17, 15) is 4.79 Å². The van der Waals surface area contributed by atoms with Crippen LogP contribution in [0.1, 0.15) is 35.7 Å². The fourth-order valence-electron chi connectivity index (χ4n) is 4.50. The van der Waals surface area contributed by atoms with Gasteiger partial charge in [0.25, 0.3) is 0 Å². The van der Waals surface area contributed by atoms with Crippen molar-refractivity contribution in [1.29, 1.82) is 0 Å². The molecule has 2 aromatic heterocycles. The van der Waals surface area contributed by atoms with E-state index in [-0.39, 0.29) is 11.9 Å². The molecule has 2 aliphatic rings.